The van der Waals surface area contributed by atoms with Crippen molar-refractivity contribution < 1.29 is 18.3 Å². The summed E-state index contributed by atoms with van der Waals surface area (Å²) in [6.07, 6.45) is 1.51. The van der Waals surface area contributed by atoms with Gasteiger partial charge in [-0.2, -0.15) is 0 Å². The Hall–Kier alpha value is -1.89. The molecule has 3 rings (SSSR count). The second-order valence-electron chi connectivity index (χ2n) is 6.78. The summed E-state index contributed by atoms with van der Waals surface area (Å²) in [4.78, 5) is 0. The van der Waals surface area contributed by atoms with Gasteiger partial charge in [0.05, 0.1) is 11.9 Å². The summed E-state index contributed by atoms with van der Waals surface area (Å²) in [5.74, 6) is 0.729. The largest absolute Gasteiger partial charge is 0.492 e. The van der Waals surface area contributed by atoms with Crippen molar-refractivity contribution in [3.8, 4) is 16.9 Å². The van der Waals surface area contributed by atoms with Gasteiger partial charge in [0.15, 0.2) is 0 Å². The van der Waals surface area contributed by atoms with Crippen LogP contribution in [0.3, 0.4) is 0 Å². The van der Waals surface area contributed by atoms with E-state index in [1.54, 1.807) is 0 Å². The minimum absolute atomic E-state index is 0.0178. The quantitative estimate of drug-likeness (QED) is 0.696. The lowest BCUT2D eigenvalue weighted by Gasteiger charge is -2.15. The van der Waals surface area contributed by atoms with E-state index in [1.807, 2.05) is 50.2 Å². The van der Waals surface area contributed by atoms with Gasteiger partial charge in [0.1, 0.15) is 12.4 Å². The lowest BCUT2D eigenvalue weighted by molar-refractivity contribution is 0.282. The third-order valence-electron chi connectivity index (χ3n) is 4.54. The molecule has 1 fully saturated rings. The van der Waals surface area contributed by atoms with E-state index in [0.717, 1.165) is 46.4 Å². The molecule has 5 nitrogen and oxygen atoms in total. The molecule has 0 aliphatic heterocycles. The first-order chi connectivity index (χ1) is 12.4. The van der Waals surface area contributed by atoms with Crippen molar-refractivity contribution in [2.24, 2.45) is 0 Å². The first-order valence-corrected chi connectivity index (χ1v) is 10.4. The van der Waals surface area contributed by atoms with Crippen molar-refractivity contribution in [3.63, 3.8) is 0 Å². The van der Waals surface area contributed by atoms with Crippen molar-refractivity contribution in [1.29, 1.82) is 0 Å². The maximum Gasteiger partial charge on any atom is 0.214 e. The van der Waals surface area contributed by atoms with Crippen LogP contribution >= 0.6 is 0 Å². The molecular weight excluding hydrogens is 350 g/mol. The molecule has 0 unspecified atom stereocenters. The molecule has 6 heteroatoms. The number of aryl methyl sites for hydroxylation is 2. The Morgan fingerprint density at radius 2 is 1.85 bits per heavy atom. The molecule has 2 aromatic carbocycles. The molecule has 1 saturated carbocycles. The van der Waals surface area contributed by atoms with Crippen molar-refractivity contribution in [3.05, 3.63) is 53.1 Å². The Bertz CT molecular complexity index is 865. The molecule has 2 N–H and O–H groups in total. The molecule has 140 valence electrons. The minimum atomic E-state index is -3.16. The first-order valence-electron chi connectivity index (χ1n) is 8.83. The number of sulfonamides is 1. The van der Waals surface area contributed by atoms with E-state index < -0.39 is 10.0 Å². The normalized spacial score (nSPS) is 14.4. The molecule has 1 aliphatic carbocycles. The second kappa shape index (κ2) is 7.78. The highest BCUT2D eigenvalue weighted by atomic mass is 32.2. The fraction of sp³-hybridized carbons (Fsp3) is 0.400. The summed E-state index contributed by atoms with van der Waals surface area (Å²) >= 11 is 0. The number of aliphatic hydroxyl groups excluding tert-OH is 1. The van der Waals surface area contributed by atoms with Gasteiger partial charge in [0.2, 0.25) is 10.0 Å². The Morgan fingerprint density at radius 3 is 2.46 bits per heavy atom. The zero-order chi connectivity index (χ0) is 18.7. The van der Waals surface area contributed by atoms with Crippen LogP contribution in [0.2, 0.25) is 0 Å². The molecule has 0 amide bonds. The van der Waals surface area contributed by atoms with Crippen LogP contribution in [-0.2, 0) is 16.6 Å². The number of hydrogen-bond acceptors (Lipinski definition) is 4. The molecule has 2 aromatic rings. The zero-order valence-electron chi connectivity index (χ0n) is 15.2. The molecule has 0 radical (unpaired) electrons. The molecular formula is C20H25NO4S. The fourth-order valence-corrected chi connectivity index (χ4v) is 4.50. The van der Waals surface area contributed by atoms with Crippen molar-refractivity contribution in [2.75, 3.05) is 13.2 Å². The zero-order valence-corrected chi connectivity index (χ0v) is 16.0. The highest BCUT2D eigenvalue weighted by Crippen LogP contribution is 2.31. The van der Waals surface area contributed by atoms with Crippen molar-refractivity contribution >= 4 is 10.0 Å². The summed E-state index contributed by atoms with van der Waals surface area (Å²) in [6, 6.07) is 11.8. The summed E-state index contributed by atoms with van der Waals surface area (Å²) in [7, 11) is -3.16. The Kier molecular flexibility index (Phi) is 5.65. The molecule has 0 heterocycles. The second-order valence-corrected chi connectivity index (χ2v) is 8.82. The highest BCUT2D eigenvalue weighted by molar-refractivity contribution is 7.90. The van der Waals surface area contributed by atoms with Crippen LogP contribution in [0.25, 0.3) is 11.1 Å². The SMILES string of the molecule is Cc1cc(OCCNS(=O)(=O)C2CC2)cc(C)c1-c1cccc(CO)c1. The number of nitrogens with one attached hydrogen (secondary N) is 1. The Balaban J connectivity index is 1.67. The van der Waals surface area contributed by atoms with Gasteiger partial charge in [-0.1, -0.05) is 18.2 Å². The maximum atomic E-state index is 11.8. The Labute approximate surface area is 155 Å². The van der Waals surface area contributed by atoms with Gasteiger partial charge in [0.25, 0.3) is 0 Å². The van der Waals surface area contributed by atoms with Crippen LogP contribution in [0.4, 0.5) is 0 Å². The summed E-state index contributed by atoms with van der Waals surface area (Å²) in [6.45, 7) is 4.64. The van der Waals surface area contributed by atoms with E-state index in [9.17, 15) is 13.5 Å². The van der Waals surface area contributed by atoms with E-state index in [2.05, 4.69) is 4.72 Å². The van der Waals surface area contributed by atoms with Gasteiger partial charge in [-0.25, -0.2) is 13.1 Å². The van der Waals surface area contributed by atoms with Crippen LogP contribution in [0.5, 0.6) is 5.75 Å². The molecule has 0 atom stereocenters. The summed E-state index contributed by atoms with van der Waals surface area (Å²) in [5.41, 5.74) is 5.23. The lowest BCUT2D eigenvalue weighted by Crippen LogP contribution is -2.31. The standard InChI is InChI=1S/C20H25NO4S/c1-14-10-18(25-9-8-21-26(23,24)19-6-7-19)11-15(2)20(14)17-5-3-4-16(12-17)13-22/h3-5,10-12,19,21-22H,6-9,13H2,1-2H3. The fourth-order valence-electron chi connectivity index (χ4n) is 3.14. The average Bonchev–Trinajstić information content (AvgIpc) is 3.44. The number of hydrogen-bond donors (Lipinski definition) is 2. The van der Waals surface area contributed by atoms with Crippen molar-refractivity contribution in [1.82, 2.24) is 4.72 Å². The Morgan fingerprint density at radius 1 is 1.15 bits per heavy atom. The van der Waals surface area contributed by atoms with Gasteiger partial charge < -0.3 is 9.84 Å². The third-order valence-corrected chi connectivity index (χ3v) is 6.50. The number of benzene rings is 2. The summed E-state index contributed by atoms with van der Waals surface area (Å²) < 4.78 is 31.9. The van der Waals surface area contributed by atoms with Gasteiger partial charge >= 0.3 is 0 Å². The van der Waals surface area contributed by atoms with Gasteiger partial charge in [-0.05, 0) is 72.7 Å². The number of aliphatic hydroxyl groups is 1. The molecule has 0 bridgehead atoms. The predicted molar refractivity (Wildman–Crippen MR) is 103 cm³/mol. The van der Waals surface area contributed by atoms with E-state index >= 15 is 0 Å². The summed E-state index contributed by atoms with van der Waals surface area (Å²) in [5, 5.41) is 9.13. The minimum Gasteiger partial charge on any atom is -0.492 e. The van der Waals surface area contributed by atoms with Crippen LogP contribution < -0.4 is 9.46 Å². The third kappa shape index (κ3) is 4.44. The van der Waals surface area contributed by atoms with E-state index in [4.69, 9.17) is 4.74 Å². The molecule has 1 aliphatic rings. The average molecular weight is 375 g/mol. The van der Waals surface area contributed by atoms with E-state index in [-0.39, 0.29) is 18.4 Å². The predicted octanol–water partition coefficient (Wildman–Crippen LogP) is 2.92. The molecule has 0 saturated heterocycles. The van der Waals surface area contributed by atoms with Crippen LogP contribution in [0.1, 0.15) is 29.5 Å². The van der Waals surface area contributed by atoms with Gasteiger partial charge in [0, 0.05) is 6.54 Å². The van der Waals surface area contributed by atoms with Crippen LogP contribution in [0.15, 0.2) is 36.4 Å². The topological polar surface area (TPSA) is 75.6 Å². The first kappa shape index (κ1) is 18.9. The van der Waals surface area contributed by atoms with Gasteiger partial charge in [-0.15, -0.1) is 0 Å². The van der Waals surface area contributed by atoms with Crippen LogP contribution in [-0.4, -0.2) is 31.9 Å². The monoisotopic (exact) mass is 375 g/mol. The molecule has 0 spiro atoms. The van der Waals surface area contributed by atoms with Crippen LogP contribution in [0, 0.1) is 13.8 Å². The number of ether oxygens (including phenoxy) is 1. The van der Waals surface area contributed by atoms with Crippen molar-refractivity contribution in [2.45, 2.75) is 38.5 Å². The maximum absolute atomic E-state index is 11.8. The van der Waals surface area contributed by atoms with E-state index in [0.29, 0.717) is 6.61 Å². The van der Waals surface area contributed by atoms with E-state index in [1.165, 1.54) is 0 Å². The smallest absolute Gasteiger partial charge is 0.214 e. The number of rotatable bonds is 8. The lowest BCUT2D eigenvalue weighted by atomic mass is 9.94. The molecule has 0 aromatic heterocycles. The molecule has 26 heavy (non-hydrogen) atoms. The van der Waals surface area contributed by atoms with Gasteiger partial charge in [-0.3, -0.25) is 0 Å². The highest BCUT2D eigenvalue weighted by Gasteiger charge is 2.35.